The lowest BCUT2D eigenvalue weighted by atomic mass is 10.2. The van der Waals surface area contributed by atoms with Gasteiger partial charge in [0.15, 0.2) is 5.16 Å². The summed E-state index contributed by atoms with van der Waals surface area (Å²) in [5, 5.41) is 1.23. The molecule has 9 heteroatoms. The Kier molecular flexibility index (Phi) is 6.45. The van der Waals surface area contributed by atoms with Gasteiger partial charge in [-0.15, -0.1) is 11.3 Å². The van der Waals surface area contributed by atoms with E-state index in [1.165, 1.54) is 33.7 Å². The van der Waals surface area contributed by atoms with E-state index < -0.39 is 0 Å². The fourth-order valence-electron chi connectivity index (χ4n) is 3.73. The molecule has 6 nitrogen and oxygen atoms in total. The number of thioether (sulfide) groups is 1. The van der Waals surface area contributed by atoms with Crippen molar-refractivity contribution in [2.24, 2.45) is 7.05 Å². The third-order valence-corrected chi connectivity index (χ3v) is 7.89. The van der Waals surface area contributed by atoms with Gasteiger partial charge in [0.25, 0.3) is 5.56 Å². The van der Waals surface area contributed by atoms with Crippen molar-refractivity contribution in [1.82, 2.24) is 19.4 Å². The molecule has 31 heavy (non-hydrogen) atoms. The maximum Gasteiger partial charge on any atom is 0.262 e. The number of hydrogen-bond donors (Lipinski definition) is 0. The molecule has 1 amide bonds. The number of carbonyl (C=O) groups excluding carboxylic acids is 1. The molecule has 1 aromatic carbocycles. The first-order valence-corrected chi connectivity index (χ1v) is 12.0. The fraction of sp³-hybridized carbons (Fsp3) is 0.409. The van der Waals surface area contributed by atoms with E-state index in [9.17, 15) is 14.0 Å². The van der Waals surface area contributed by atoms with E-state index in [0.29, 0.717) is 48.8 Å². The van der Waals surface area contributed by atoms with Crippen LogP contribution in [0, 0.1) is 19.7 Å². The van der Waals surface area contributed by atoms with Gasteiger partial charge in [-0.3, -0.25) is 19.1 Å². The van der Waals surface area contributed by atoms with Crippen LogP contribution in [0.4, 0.5) is 4.39 Å². The quantitative estimate of drug-likeness (QED) is 0.432. The summed E-state index contributed by atoms with van der Waals surface area (Å²) < 4.78 is 15.4. The zero-order chi connectivity index (χ0) is 22.1. The van der Waals surface area contributed by atoms with Crippen molar-refractivity contribution in [1.29, 1.82) is 0 Å². The zero-order valence-electron chi connectivity index (χ0n) is 17.9. The average molecular weight is 461 g/mol. The molecule has 3 aromatic rings. The summed E-state index contributed by atoms with van der Waals surface area (Å²) in [7, 11) is 1.70. The number of amides is 1. The first kappa shape index (κ1) is 22.0. The van der Waals surface area contributed by atoms with Gasteiger partial charge in [0.05, 0.1) is 11.1 Å². The molecule has 0 saturated carbocycles. The lowest BCUT2D eigenvalue weighted by molar-refractivity contribution is -0.130. The smallest absolute Gasteiger partial charge is 0.262 e. The van der Waals surface area contributed by atoms with Gasteiger partial charge in [-0.2, -0.15) is 0 Å². The Morgan fingerprint density at radius 1 is 1.19 bits per heavy atom. The average Bonchev–Trinajstić information content (AvgIpc) is 3.05. The highest BCUT2D eigenvalue weighted by Crippen LogP contribution is 2.28. The molecule has 2 aromatic heterocycles. The van der Waals surface area contributed by atoms with Crippen LogP contribution in [0.2, 0.25) is 0 Å². The van der Waals surface area contributed by atoms with Crippen LogP contribution in [0.1, 0.15) is 16.0 Å². The van der Waals surface area contributed by atoms with E-state index >= 15 is 0 Å². The Labute approximate surface area is 188 Å². The second-order valence-corrected chi connectivity index (χ2v) is 9.90. The van der Waals surface area contributed by atoms with Crippen LogP contribution in [0.3, 0.4) is 0 Å². The van der Waals surface area contributed by atoms with E-state index in [1.54, 1.807) is 19.2 Å². The Morgan fingerprint density at radius 2 is 1.90 bits per heavy atom. The van der Waals surface area contributed by atoms with Gasteiger partial charge in [0.2, 0.25) is 5.91 Å². The number of fused-ring (bicyclic) bond motifs is 1. The van der Waals surface area contributed by atoms with Gasteiger partial charge < -0.3 is 4.90 Å². The van der Waals surface area contributed by atoms with Crippen molar-refractivity contribution in [3.8, 4) is 0 Å². The minimum absolute atomic E-state index is 0.0310. The third-order valence-electron chi connectivity index (χ3n) is 5.77. The van der Waals surface area contributed by atoms with Crippen LogP contribution >= 0.6 is 23.1 Å². The van der Waals surface area contributed by atoms with Crippen molar-refractivity contribution in [3.05, 3.63) is 56.4 Å². The molecule has 1 aliphatic heterocycles. The first-order chi connectivity index (χ1) is 14.8. The summed E-state index contributed by atoms with van der Waals surface area (Å²) in [5.74, 6) is 0.0784. The van der Waals surface area contributed by atoms with Crippen LogP contribution in [-0.4, -0.2) is 57.2 Å². The van der Waals surface area contributed by atoms with Gasteiger partial charge >= 0.3 is 0 Å². The number of benzene rings is 1. The Bertz CT molecular complexity index is 1180. The SMILES string of the molecule is Cc1sc2nc(SCC(=O)N3CCN(Cc4ccccc4F)CC3)n(C)c(=O)c2c1C. The highest BCUT2D eigenvalue weighted by Gasteiger charge is 2.23. The van der Waals surface area contributed by atoms with E-state index in [0.717, 1.165) is 15.3 Å². The van der Waals surface area contributed by atoms with E-state index in [-0.39, 0.29) is 23.0 Å². The first-order valence-electron chi connectivity index (χ1n) is 10.2. The highest BCUT2D eigenvalue weighted by molar-refractivity contribution is 7.99. The van der Waals surface area contributed by atoms with E-state index in [4.69, 9.17) is 0 Å². The molecule has 4 rings (SSSR count). The molecule has 164 valence electrons. The van der Waals surface area contributed by atoms with E-state index in [2.05, 4.69) is 9.88 Å². The third kappa shape index (κ3) is 4.53. The number of aromatic nitrogens is 2. The number of rotatable bonds is 5. The maximum absolute atomic E-state index is 13.9. The van der Waals surface area contributed by atoms with Crippen molar-refractivity contribution in [2.75, 3.05) is 31.9 Å². The molecule has 0 atom stereocenters. The fourth-order valence-corrected chi connectivity index (χ4v) is 5.67. The molecule has 0 bridgehead atoms. The zero-order valence-corrected chi connectivity index (χ0v) is 19.5. The van der Waals surface area contributed by atoms with Crippen LogP contribution < -0.4 is 5.56 Å². The topological polar surface area (TPSA) is 58.4 Å². The number of halogens is 1. The second kappa shape index (κ2) is 9.10. The largest absolute Gasteiger partial charge is 0.339 e. The minimum Gasteiger partial charge on any atom is -0.339 e. The summed E-state index contributed by atoms with van der Waals surface area (Å²) in [6.07, 6.45) is 0. The number of hydrogen-bond acceptors (Lipinski definition) is 6. The van der Waals surface area contributed by atoms with Gasteiger partial charge in [0.1, 0.15) is 10.6 Å². The molecule has 0 unspecified atom stereocenters. The standard InChI is InChI=1S/C22H25FN4O2S2/c1-14-15(2)31-20-19(14)21(29)25(3)22(24-20)30-13-18(28)27-10-8-26(9-11-27)12-16-6-4-5-7-17(16)23/h4-7H,8-13H2,1-3H3. The molecule has 0 aliphatic carbocycles. The minimum atomic E-state index is -0.191. The molecule has 1 aliphatic rings. The molecule has 0 N–H and O–H groups in total. The molecular weight excluding hydrogens is 435 g/mol. The van der Waals surface area contributed by atoms with Crippen molar-refractivity contribution in [2.45, 2.75) is 25.5 Å². The molecule has 0 radical (unpaired) electrons. The van der Waals surface area contributed by atoms with Crippen LogP contribution in [0.25, 0.3) is 10.2 Å². The predicted octanol–water partition coefficient (Wildman–Crippen LogP) is 3.19. The summed E-state index contributed by atoms with van der Waals surface area (Å²) in [5.41, 5.74) is 1.59. The number of nitrogens with zero attached hydrogens (tertiary/aromatic N) is 4. The number of carbonyl (C=O) groups is 1. The summed E-state index contributed by atoms with van der Waals surface area (Å²) in [6.45, 7) is 7.13. The van der Waals surface area contributed by atoms with Gasteiger partial charge in [0, 0.05) is 50.2 Å². The number of piperazine rings is 1. The molecule has 1 saturated heterocycles. The summed E-state index contributed by atoms with van der Waals surface area (Å²) in [4.78, 5) is 35.9. The van der Waals surface area contributed by atoms with Crippen molar-refractivity contribution >= 4 is 39.2 Å². The monoisotopic (exact) mass is 460 g/mol. The normalized spacial score (nSPS) is 15.0. The Morgan fingerprint density at radius 3 is 2.61 bits per heavy atom. The van der Waals surface area contributed by atoms with Crippen LogP contribution in [-0.2, 0) is 18.4 Å². The summed E-state index contributed by atoms with van der Waals surface area (Å²) >= 11 is 2.82. The summed E-state index contributed by atoms with van der Waals surface area (Å²) in [6, 6.07) is 6.81. The Hall–Kier alpha value is -2.23. The lowest BCUT2D eigenvalue weighted by Gasteiger charge is -2.34. The highest BCUT2D eigenvalue weighted by atomic mass is 32.2. The molecular formula is C22H25FN4O2S2. The van der Waals surface area contributed by atoms with E-state index in [1.807, 2.05) is 24.8 Å². The van der Waals surface area contributed by atoms with Crippen molar-refractivity contribution < 1.29 is 9.18 Å². The van der Waals surface area contributed by atoms with Crippen LogP contribution in [0.15, 0.2) is 34.2 Å². The van der Waals surface area contributed by atoms with Crippen molar-refractivity contribution in [3.63, 3.8) is 0 Å². The number of aryl methyl sites for hydroxylation is 2. The predicted molar refractivity (Wildman–Crippen MR) is 123 cm³/mol. The maximum atomic E-state index is 13.9. The van der Waals surface area contributed by atoms with Gasteiger partial charge in [-0.25, -0.2) is 9.37 Å². The van der Waals surface area contributed by atoms with Gasteiger partial charge in [-0.1, -0.05) is 30.0 Å². The Balaban J connectivity index is 1.35. The van der Waals surface area contributed by atoms with Gasteiger partial charge in [-0.05, 0) is 25.5 Å². The number of thiophene rings is 1. The molecule has 0 spiro atoms. The molecule has 1 fully saturated rings. The second-order valence-electron chi connectivity index (χ2n) is 7.76. The molecule has 3 heterocycles. The lowest BCUT2D eigenvalue weighted by Crippen LogP contribution is -2.48. The van der Waals surface area contributed by atoms with Crippen LogP contribution in [0.5, 0.6) is 0 Å².